The highest BCUT2D eigenvalue weighted by Crippen LogP contribution is 2.31. The van der Waals surface area contributed by atoms with Crippen LogP contribution in [-0.4, -0.2) is 23.8 Å². The van der Waals surface area contributed by atoms with Crippen LogP contribution in [0.3, 0.4) is 0 Å². The third-order valence-corrected chi connectivity index (χ3v) is 5.14. The molecule has 0 radical (unpaired) electrons. The van der Waals surface area contributed by atoms with Gasteiger partial charge in [0.05, 0.1) is 5.60 Å². The lowest BCUT2D eigenvalue weighted by atomic mass is 9.78. The predicted molar refractivity (Wildman–Crippen MR) is 83.4 cm³/mol. The molecule has 0 aromatic carbocycles. The van der Waals surface area contributed by atoms with E-state index in [9.17, 15) is 5.11 Å². The first-order valence-corrected chi connectivity index (χ1v) is 8.58. The molecular formula is C17H35NO. The molecule has 1 fully saturated rings. The summed E-state index contributed by atoms with van der Waals surface area (Å²) >= 11 is 0. The Hall–Kier alpha value is -0.0800. The molecule has 0 aromatic heterocycles. The van der Waals surface area contributed by atoms with Crippen LogP contribution >= 0.6 is 0 Å². The number of hydrogen-bond acceptors (Lipinski definition) is 2. The van der Waals surface area contributed by atoms with E-state index in [0.717, 1.165) is 31.1 Å². The van der Waals surface area contributed by atoms with E-state index in [1.807, 2.05) is 0 Å². The van der Waals surface area contributed by atoms with E-state index >= 15 is 0 Å². The highest BCUT2D eigenvalue weighted by Gasteiger charge is 2.29. The Labute approximate surface area is 120 Å². The van der Waals surface area contributed by atoms with Crippen LogP contribution in [0.5, 0.6) is 0 Å². The maximum absolute atomic E-state index is 10.7. The number of nitrogens with one attached hydrogen (secondary N) is 1. The fourth-order valence-electron chi connectivity index (χ4n) is 3.23. The van der Waals surface area contributed by atoms with Crippen LogP contribution in [0.4, 0.5) is 0 Å². The first-order valence-electron chi connectivity index (χ1n) is 8.58. The van der Waals surface area contributed by atoms with E-state index in [-0.39, 0.29) is 0 Å². The van der Waals surface area contributed by atoms with Gasteiger partial charge in [0.25, 0.3) is 0 Å². The lowest BCUT2D eigenvalue weighted by molar-refractivity contribution is 0.00634. The quantitative estimate of drug-likeness (QED) is 0.553. The van der Waals surface area contributed by atoms with Crippen LogP contribution in [0, 0.1) is 11.8 Å². The van der Waals surface area contributed by atoms with Crippen molar-refractivity contribution in [1.82, 2.24) is 5.32 Å². The molecule has 0 amide bonds. The van der Waals surface area contributed by atoms with Crippen LogP contribution < -0.4 is 5.32 Å². The standard InChI is InChI=1S/C17H35NO/c1-4-7-8-9-11-17(19,6-3)12-10-15(5-2)16-13-18-14-16/h15-16,18-19H,4-14H2,1-3H3/t15-,17?/m0/s1. The molecule has 1 aliphatic rings. The average molecular weight is 269 g/mol. The van der Waals surface area contributed by atoms with E-state index in [0.29, 0.717) is 0 Å². The van der Waals surface area contributed by atoms with Gasteiger partial charge in [0, 0.05) is 0 Å². The Morgan fingerprint density at radius 2 is 1.84 bits per heavy atom. The Balaban J connectivity index is 2.27. The summed E-state index contributed by atoms with van der Waals surface area (Å²) in [4.78, 5) is 0. The fourth-order valence-corrected chi connectivity index (χ4v) is 3.23. The lowest BCUT2D eigenvalue weighted by Gasteiger charge is -2.36. The van der Waals surface area contributed by atoms with Crippen molar-refractivity contribution < 1.29 is 5.11 Å². The minimum Gasteiger partial charge on any atom is -0.390 e. The first-order chi connectivity index (χ1) is 9.15. The molecule has 2 N–H and O–H groups in total. The Morgan fingerprint density at radius 1 is 1.11 bits per heavy atom. The maximum atomic E-state index is 10.7. The van der Waals surface area contributed by atoms with Crippen molar-refractivity contribution in [2.45, 2.75) is 84.2 Å². The van der Waals surface area contributed by atoms with Crippen molar-refractivity contribution in [1.29, 1.82) is 0 Å². The van der Waals surface area contributed by atoms with Gasteiger partial charge < -0.3 is 10.4 Å². The Kier molecular flexibility index (Phi) is 8.01. The second kappa shape index (κ2) is 8.97. The van der Waals surface area contributed by atoms with Gasteiger partial charge in [-0.3, -0.25) is 0 Å². The van der Waals surface area contributed by atoms with Crippen LogP contribution in [0.25, 0.3) is 0 Å². The summed E-state index contributed by atoms with van der Waals surface area (Å²) in [5.74, 6) is 1.68. The van der Waals surface area contributed by atoms with Gasteiger partial charge >= 0.3 is 0 Å². The van der Waals surface area contributed by atoms with Crippen molar-refractivity contribution in [2.75, 3.05) is 13.1 Å². The summed E-state index contributed by atoms with van der Waals surface area (Å²) in [7, 11) is 0. The van der Waals surface area contributed by atoms with Gasteiger partial charge in [0.15, 0.2) is 0 Å². The van der Waals surface area contributed by atoms with Crippen molar-refractivity contribution in [3.05, 3.63) is 0 Å². The molecule has 1 saturated heterocycles. The highest BCUT2D eigenvalue weighted by atomic mass is 16.3. The highest BCUT2D eigenvalue weighted by molar-refractivity contribution is 4.84. The predicted octanol–water partition coefficient (Wildman–Crippen LogP) is 4.12. The second-order valence-corrected chi connectivity index (χ2v) is 6.51. The summed E-state index contributed by atoms with van der Waals surface area (Å²) in [6.45, 7) is 9.07. The van der Waals surface area contributed by atoms with Gasteiger partial charge in [-0.15, -0.1) is 0 Å². The van der Waals surface area contributed by atoms with E-state index in [1.54, 1.807) is 0 Å². The van der Waals surface area contributed by atoms with Crippen molar-refractivity contribution in [3.63, 3.8) is 0 Å². The molecule has 1 rings (SSSR count). The normalized spacial score (nSPS) is 20.8. The summed E-state index contributed by atoms with van der Waals surface area (Å²) in [5.41, 5.74) is -0.391. The smallest absolute Gasteiger partial charge is 0.0645 e. The zero-order valence-corrected chi connectivity index (χ0v) is 13.4. The van der Waals surface area contributed by atoms with Gasteiger partial charge in [-0.05, 0) is 50.6 Å². The molecule has 1 heterocycles. The van der Waals surface area contributed by atoms with Gasteiger partial charge in [-0.2, -0.15) is 0 Å². The minimum absolute atomic E-state index is 0.391. The molecule has 2 nitrogen and oxygen atoms in total. The monoisotopic (exact) mass is 269 g/mol. The van der Waals surface area contributed by atoms with E-state index in [4.69, 9.17) is 0 Å². The summed E-state index contributed by atoms with van der Waals surface area (Å²) < 4.78 is 0. The molecule has 19 heavy (non-hydrogen) atoms. The third-order valence-electron chi connectivity index (χ3n) is 5.14. The zero-order chi connectivity index (χ0) is 14.1. The minimum atomic E-state index is -0.391. The average Bonchev–Trinajstić information content (AvgIpc) is 2.37. The third kappa shape index (κ3) is 5.83. The fraction of sp³-hybridized carbons (Fsp3) is 1.00. The summed E-state index contributed by atoms with van der Waals surface area (Å²) in [6, 6.07) is 0. The van der Waals surface area contributed by atoms with E-state index in [1.165, 1.54) is 51.6 Å². The van der Waals surface area contributed by atoms with Gasteiger partial charge in [0.2, 0.25) is 0 Å². The van der Waals surface area contributed by atoms with Crippen LogP contribution in [0.1, 0.15) is 78.6 Å². The molecule has 0 spiro atoms. The number of rotatable bonds is 11. The summed E-state index contributed by atoms with van der Waals surface area (Å²) in [6.07, 6.45) is 10.5. The van der Waals surface area contributed by atoms with Gasteiger partial charge in [0.1, 0.15) is 0 Å². The van der Waals surface area contributed by atoms with E-state index < -0.39 is 5.60 Å². The van der Waals surface area contributed by atoms with Crippen LogP contribution in [-0.2, 0) is 0 Å². The first kappa shape index (κ1) is 17.0. The number of unbranched alkanes of at least 4 members (excludes halogenated alkanes) is 3. The Morgan fingerprint density at radius 3 is 2.32 bits per heavy atom. The van der Waals surface area contributed by atoms with Crippen LogP contribution in [0.15, 0.2) is 0 Å². The van der Waals surface area contributed by atoms with Gasteiger partial charge in [-0.1, -0.05) is 52.9 Å². The SMILES string of the molecule is CCCCCCC(O)(CC)CC[C@H](CC)C1CNC1. The molecule has 0 aromatic rings. The largest absolute Gasteiger partial charge is 0.390 e. The molecule has 0 aliphatic carbocycles. The molecule has 1 aliphatic heterocycles. The Bertz CT molecular complexity index is 227. The molecule has 1 unspecified atom stereocenters. The number of hydrogen-bond donors (Lipinski definition) is 2. The maximum Gasteiger partial charge on any atom is 0.0645 e. The zero-order valence-electron chi connectivity index (χ0n) is 13.4. The topological polar surface area (TPSA) is 32.3 Å². The van der Waals surface area contributed by atoms with Crippen molar-refractivity contribution in [3.8, 4) is 0 Å². The van der Waals surface area contributed by atoms with Crippen LogP contribution in [0.2, 0.25) is 0 Å². The van der Waals surface area contributed by atoms with Gasteiger partial charge in [-0.25, -0.2) is 0 Å². The number of aliphatic hydroxyl groups is 1. The summed E-state index contributed by atoms with van der Waals surface area (Å²) in [5, 5.41) is 14.1. The molecule has 0 bridgehead atoms. The van der Waals surface area contributed by atoms with Crippen molar-refractivity contribution >= 4 is 0 Å². The second-order valence-electron chi connectivity index (χ2n) is 6.51. The molecule has 114 valence electrons. The van der Waals surface area contributed by atoms with E-state index in [2.05, 4.69) is 26.1 Å². The molecule has 0 saturated carbocycles. The molecular weight excluding hydrogens is 234 g/mol. The molecule has 2 heteroatoms. The van der Waals surface area contributed by atoms with Crippen molar-refractivity contribution in [2.24, 2.45) is 11.8 Å². The molecule has 2 atom stereocenters. The lowest BCUT2D eigenvalue weighted by Crippen LogP contribution is -2.46.